The fraction of sp³-hybridized carbons (Fsp3) is 0.367. The Balaban J connectivity index is 1.61. The minimum atomic E-state index is -0.566. The average molecular weight is 440 g/mol. The van der Waals surface area contributed by atoms with E-state index in [1.165, 1.54) is 11.1 Å². The lowest BCUT2D eigenvalue weighted by molar-refractivity contribution is -0.190. The third-order valence-corrected chi connectivity index (χ3v) is 7.84. The van der Waals surface area contributed by atoms with Crippen molar-refractivity contribution in [2.45, 2.75) is 51.3 Å². The van der Waals surface area contributed by atoms with Crippen LogP contribution in [0.1, 0.15) is 49.4 Å². The molecule has 2 heterocycles. The lowest BCUT2D eigenvalue weighted by Crippen LogP contribution is -2.63. The van der Waals surface area contributed by atoms with Gasteiger partial charge in [-0.2, -0.15) is 0 Å². The van der Waals surface area contributed by atoms with Gasteiger partial charge in [-0.05, 0) is 49.3 Å². The predicted octanol–water partition coefficient (Wildman–Crippen LogP) is 6.20. The molecule has 1 amide bonds. The van der Waals surface area contributed by atoms with Crippen LogP contribution in [0.4, 0.5) is 0 Å². The summed E-state index contributed by atoms with van der Waals surface area (Å²) < 4.78 is 6.48. The minimum absolute atomic E-state index is 0.0519. The van der Waals surface area contributed by atoms with Crippen LogP contribution in [-0.2, 0) is 22.4 Å². The Labute approximate surface area is 197 Å². The standard InChI is InChI=1S/C30H33NO2/c1-3-26-21-30(19-23-13-7-4-8-14-23,20-24-15-9-5-10-16-24)28(32)31-27(22-33-29(26,31)2)25-17-11-6-12-18-25/h4-18,26-27H,3,19-22H2,1-2H3/t26-,27+,29+/m1/s1. The number of nitrogens with zero attached hydrogens (tertiary/aromatic N) is 1. The van der Waals surface area contributed by atoms with Crippen molar-refractivity contribution >= 4 is 5.91 Å². The Morgan fingerprint density at radius 2 is 1.36 bits per heavy atom. The Morgan fingerprint density at radius 3 is 1.88 bits per heavy atom. The Hall–Kier alpha value is -2.91. The molecule has 3 atom stereocenters. The van der Waals surface area contributed by atoms with Crippen molar-refractivity contribution in [3.05, 3.63) is 108 Å². The number of piperidine rings is 1. The normalized spacial score (nSPS) is 26.2. The first kappa shape index (κ1) is 21.9. The van der Waals surface area contributed by atoms with Crippen molar-refractivity contribution < 1.29 is 9.53 Å². The number of carbonyl (C=O) groups excluding carboxylic acids is 1. The van der Waals surface area contributed by atoms with E-state index >= 15 is 0 Å². The molecule has 0 aliphatic carbocycles. The van der Waals surface area contributed by atoms with Crippen LogP contribution in [0.15, 0.2) is 91.0 Å². The molecule has 0 saturated carbocycles. The monoisotopic (exact) mass is 439 g/mol. The molecule has 33 heavy (non-hydrogen) atoms. The molecular weight excluding hydrogens is 406 g/mol. The number of rotatable bonds is 6. The zero-order valence-electron chi connectivity index (χ0n) is 19.6. The first-order valence-corrected chi connectivity index (χ1v) is 12.2. The Bertz CT molecular complexity index is 1040. The van der Waals surface area contributed by atoms with Crippen molar-refractivity contribution in [2.75, 3.05) is 6.61 Å². The number of carbonyl (C=O) groups is 1. The zero-order valence-corrected chi connectivity index (χ0v) is 19.6. The van der Waals surface area contributed by atoms with Gasteiger partial charge in [0.2, 0.25) is 5.91 Å². The number of hydrogen-bond acceptors (Lipinski definition) is 2. The van der Waals surface area contributed by atoms with Crippen LogP contribution in [0, 0.1) is 11.3 Å². The summed E-state index contributed by atoms with van der Waals surface area (Å²) in [6.45, 7) is 4.92. The van der Waals surface area contributed by atoms with Crippen LogP contribution in [0.5, 0.6) is 0 Å². The van der Waals surface area contributed by atoms with Gasteiger partial charge < -0.3 is 9.64 Å². The van der Waals surface area contributed by atoms with Gasteiger partial charge in [0.25, 0.3) is 0 Å². The van der Waals surface area contributed by atoms with E-state index in [0.717, 1.165) is 31.2 Å². The predicted molar refractivity (Wildman–Crippen MR) is 132 cm³/mol. The van der Waals surface area contributed by atoms with Crippen molar-refractivity contribution in [2.24, 2.45) is 11.3 Å². The van der Waals surface area contributed by atoms with Crippen LogP contribution in [0.25, 0.3) is 0 Å². The molecule has 0 unspecified atom stereocenters. The summed E-state index contributed by atoms with van der Waals surface area (Å²) in [4.78, 5) is 16.8. The van der Waals surface area contributed by atoms with Crippen LogP contribution in [0.3, 0.4) is 0 Å². The van der Waals surface area contributed by atoms with Gasteiger partial charge in [0, 0.05) is 5.92 Å². The van der Waals surface area contributed by atoms with Gasteiger partial charge in [0.05, 0.1) is 18.1 Å². The summed E-state index contributed by atoms with van der Waals surface area (Å²) >= 11 is 0. The highest BCUT2D eigenvalue weighted by atomic mass is 16.5. The van der Waals surface area contributed by atoms with E-state index in [1.54, 1.807) is 0 Å². The highest BCUT2D eigenvalue weighted by molar-refractivity contribution is 5.86. The van der Waals surface area contributed by atoms with Crippen molar-refractivity contribution in [1.82, 2.24) is 4.90 Å². The van der Waals surface area contributed by atoms with Crippen molar-refractivity contribution in [3.63, 3.8) is 0 Å². The lowest BCUT2D eigenvalue weighted by atomic mass is 9.64. The highest BCUT2D eigenvalue weighted by Crippen LogP contribution is 2.54. The van der Waals surface area contributed by atoms with E-state index in [0.29, 0.717) is 6.61 Å². The topological polar surface area (TPSA) is 29.5 Å². The molecule has 0 spiro atoms. The maximum atomic E-state index is 14.6. The van der Waals surface area contributed by atoms with Gasteiger partial charge >= 0.3 is 0 Å². The summed E-state index contributed by atoms with van der Waals surface area (Å²) in [5.74, 6) is 0.505. The first-order chi connectivity index (χ1) is 16.1. The molecular formula is C30H33NO2. The number of fused-ring (bicyclic) bond motifs is 1. The Morgan fingerprint density at radius 1 is 0.848 bits per heavy atom. The van der Waals surface area contributed by atoms with Crippen molar-refractivity contribution in [1.29, 1.82) is 0 Å². The maximum absolute atomic E-state index is 14.6. The van der Waals surface area contributed by atoms with Gasteiger partial charge in [-0.3, -0.25) is 4.79 Å². The quantitative estimate of drug-likeness (QED) is 0.457. The molecule has 170 valence electrons. The average Bonchev–Trinajstić information content (AvgIpc) is 3.22. The molecule has 2 aliphatic heterocycles. The van der Waals surface area contributed by atoms with Gasteiger partial charge in [-0.15, -0.1) is 0 Å². The number of benzene rings is 3. The summed E-state index contributed by atoms with van der Waals surface area (Å²) in [5.41, 5.74) is 2.53. The molecule has 2 fully saturated rings. The lowest BCUT2D eigenvalue weighted by Gasteiger charge is -2.53. The molecule has 2 saturated heterocycles. The van der Waals surface area contributed by atoms with Crippen molar-refractivity contribution in [3.8, 4) is 0 Å². The van der Waals surface area contributed by atoms with E-state index in [-0.39, 0.29) is 17.9 Å². The smallest absolute Gasteiger partial charge is 0.232 e. The molecule has 3 aromatic rings. The molecule has 3 nitrogen and oxygen atoms in total. The largest absolute Gasteiger partial charge is 0.353 e. The Kier molecular flexibility index (Phi) is 5.84. The molecule has 3 aromatic carbocycles. The SMILES string of the molecule is CC[C@@H]1CC(Cc2ccccc2)(Cc2ccccc2)C(=O)N2[C@H](c3ccccc3)CO[C@@]12C. The van der Waals surface area contributed by atoms with E-state index in [9.17, 15) is 4.79 Å². The molecule has 2 aliphatic rings. The van der Waals surface area contributed by atoms with Crippen LogP contribution < -0.4 is 0 Å². The third-order valence-electron chi connectivity index (χ3n) is 7.84. The second kappa shape index (κ2) is 8.79. The second-order valence-corrected chi connectivity index (χ2v) is 9.88. The summed E-state index contributed by atoms with van der Waals surface area (Å²) in [7, 11) is 0. The van der Waals surface area contributed by atoms with Crippen LogP contribution in [0.2, 0.25) is 0 Å². The van der Waals surface area contributed by atoms with Crippen LogP contribution >= 0.6 is 0 Å². The minimum Gasteiger partial charge on any atom is -0.353 e. The fourth-order valence-electron chi connectivity index (χ4n) is 6.14. The second-order valence-electron chi connectivity index (χ2n) is 9.88. The summed E-state index contributed by atoms with van der Waals surface area (Å²) in [6, 6.07) is 31.3. The van der Waals surface area contributed by atoms with Gasteiger partial charge in [0.15, 0.2) is 0 Å². The number of amides is 1. The third kappa shape index (κ3) is 3.89. The fourth-order valence-corrected chi connectivity index (χ4v) is 6.14. The highest BCUT2D eigenvalue weighted by Gasteiger charge is 2.61. The molecule has 0 aromatic heterocycles. The number of hydrogen-bond donors (Lipinski definition) is 0. The molecule has 3 heteroatoms. The van der Waals surface area contributed by atoms with E-state index < -0.39 is 11.1 Å². The number of ether oxygens (including phenoxy) is 1. The molecule has 0 bridgehead atoms. The van der Waals surface area contributed by atoms with E-state index in [4.69, 9.17) is 4.74 Å². The van der Waals surface area contributed by atoms with E-state index in [2.05, 4.69) is 91.5 Å². The van der Waals surface area contributed by atoms with Gasteiger partial charge in [-0.1, -0.05) is 97.9 Å². The van der Waals surface area contributed by atoms with Gasteiger partial charge in [0.1, 0.15) is 5.72 Å². The van der Waals surface area contributed by atoms with E-state index in [1.807, 2.05) is 18.2 Å². The maximum Gasteiger partial charge on any atom is 0.232 e. The molecule has 0 radical (unpaired) electrons. The first-order valence-electron chi connectivity index (χ1n) is 12.2. The molecule has 0 N–H and O–H groups in total. The van der Waals surface area contributed by atoms with Crippen LogP contribution in [-0.4, -0.2) is 23.1 Å². The zero-order chi connectivity index (χ0) is 22.9. The molecule has 5 rings (SSSR count). The summed E-state index contributed by atoms with van der Waals surface area (Å²) in [5, 5.41) is 0. The van der Waals surface area contributed by atoms with Gasteiger partial charge in [-0.25, -0.2) is 0 Å². The summed E-state index contributed by atoms with van der Waals surface area (Å²) in [6.07, 6.45) is 3.30.